The van der Waals surface area contributed by atoms with E-state index in [1.807, 2.05) is 12.1 Å². The number of rotatable bonds is 3. The van der Waals surface area contributed by atoms with Crippen LogP contribution in [-0.4, -0.2) is 50.1 Å². The molecule has 0 aliphatic carbocycles. The van der Waals surface area contributed by atoms with Gasteiger partial charge in [-0.3, -0.25) is 4.79 Å². The van der Waals surface area contributed by atoms with Gasteiger partial charge in [0.2, 0.25) is 5.91 Å². The largest absolute Gasteiger partial charge is 0.368 e. The standard InChI is InChI=1S/C24H30ClN3O.ClH/c1-17-5-3-4-6-20(17)21-9-10-26-16-22(21)24(29)28-13-11-27(12-14-28)23-15-19(25)8-7-18(23)2;/h3-8,15,21-22,26H,9-14,16H2,1-2H3;1H/t21-,22-;/m1./s1. The Balaban J connectivity index is 0.00000256. The second-order valence-corrected chi connectivity index (χ2v) is 8.74. The normalized spacial score (nSPS) is 21.8. The fraction of sp³-hybridized carbons (Fsp3) is 0.458. The number of nitrogens with one attached hydrogen (secondary N) is 1. The summed E-state index contributed by atoms with van der Waals surface area (Å²) >= 11 is 6.21. The van der Waals surface area contributed by atoms with Crippen LogP contribution in [0.15, 0.2) is 42.5 Å². The molecule has 4 nitrogen and oxygen atoms in total. The van der Waals surface area contributed by atoms with Gasteiger partial charge in [0.1, 0.15) is 0 Å². The van der Waals surface area contributed by atoms with Crippen molar-refractivity contribution >= 4 is 35.6 Å². The first-order valence-corrected chi connectivity index (χ1v) is 11.0. The third kappa shape index (κ3) is 4.77. The third-order valence-electron chi connectivity index (χ3n) is 6.49. The van der Waals surface area contributed by atoms with Gasteiger partial charge < -0.3 is 15.1 Å². The van der Waals surface area contributed by atoms with E-state index in [1.54, 1.807) is 0 Å². The Labute approximate surface area is 191 Å². The topological polar surface area (TPSA) is 35.6 Å². The molecular weight excluding hydrogens is 417 g/mol. The molecule has 0 unspecified atom stereocenters. The predicted octanol–water partition coefficient (Wildman–Crippen LogP) is 4.42. The number of piperidine rings is 1. The molecule has 2 aromatic carbocycles. The molecule has 2 saturated heterocycles. The maximum absolute atomic E-state index is 13.5. The average Bonchev–Trinajstić information content (AvgIpc) is 2.75. The van der Waals surface area contributed by atoms with Crippen LogP contribution in [0, 0.1) is 19.8 Å². The first-order chi connectivity index (χ1) is 14.0. The molecule has 2 aliphatic heterocycles. The van der Waals surface area contributed by atoms with Crippen LogP contribution in [0.25, 0.3) is 0 Å². The summed E-state index contributed by atoms with van der Waals surface area (Å²) in [5.74, 6) is 0.621. The van der Waals surface area contributed by atoms with Gasteiger partial charge in [-0.05, 0) is 61.6 Å². The second-order valence-electron chi connectivity index (χ2n) is 8.31. The van der Waals surface area contributed by atoms with Crippen LogP contribution in [0.4, 0.5) is 5.69 Å². The molecule has 0 bridgehead atoms. The van der Waals surface area contributed by atoms with E-state index >= 15 is 0 Å². The Morgan fingerprint density at radius 3 is 2.50 bits per heavy atom. The Morgan fingerprint density at radius 1 is 1.03 bits per heavy atom. The van der Waals surface area contributed by atoms with Crippen LogP contribution >= 0.6 is 24.0 Å². The van der Waals surface area contributed by atoms with Crippen molar-refractivity contribution in [3.8, 4) is 0 Å². The lowest BCUT2D eigenvalue weighted by atomic mass is 9.78. The molecule has 6 heteroatoms. The van der Waals surface area contributed by atoms with Crippen molar-refractivity contribution in [3.63, 3.8) is 0 Å². The molecule has 4 rings (SSSR count). The van der Waals surface area contributed by atoms with Crippen molar-refractivity contribution in [1.82, 2.24) is 10.2 Å². The zero-order chi connectivity index (χ0) is 20.4. The molecule has 2 heterocycles. The summed E-state index contributed by atoms with van der Waals surface area (Å²) in [5.41, 5.74) is 5.03. The average molecular weight is 448 g/mol. The Hall–Kier alpha value is -1.75. The minimum atomic E-state index is 0. The number of aryl methyl sites for hydroxylation is 2. The summed E-state index contributed by atoms with van der Waals surface area (Å²) < 4.78 is 0. The highest BCUT2D eigenvalue weighted by atomic mass is 35.5. The summed E-state index contributed by atoms with van der Waals surface area (Å²) in [6.07, 6.45) is 1.02. The second kappa shape index (κ2) is 10.0. The van der Waals surface area contributed by atoms with Gasteiger partial charge in [0, 0.05) is 43.4 Å². The maximum atomic E-state index is 13.5. The van der Waals surface area contributed by atoms with Gasteiger partial charge in [-0.2, -0.15) is 0 Å². The highest BCUT2D eigenvalue weighted by Gasteiger charge is 2.36. The van der Waals surface area contributed by atoms with Crippen LogP contribution in [0.2, 0.25) is 5.02 Å². The van der Waals surface area contributed by atoms with Crippen molar-refractivity contribution in [2.45, 2.75) is 26.2 Å². The summed E-state index contributed by atoms with van der Waals surface area (Å²) in [6.45, 7) is 9.25. The van der Waals surface area contributed by atoms with E-state index in [0.717, 1.165) is 50.7 Å². The number of halogens is 2. The van der Waals surface area contributed by atoms with Gasteiger partial charge in [0.15, 0.2) is 0 Å². The van der Waals surface area contributed by atoms with E-state index in [4.69, 9.17) is 11.6 Å². The molecule has 2 aliphatic rings. The van der Waals surface area contributed by atoms with E-state index in [0.29, 0.717) is 11.8 Å². The minimum Gasteiger partial charge on any atom is -0.368 e. The van der Waals surface area contributed by atoms with Gasteiger partial charge in [-0.15, -0.1) is 12.4 Å². The van der Waals surface area contributed by atoms with Crippen LogP contribution < -0.4 is 10.2 Å². The van der Waals surface area contributed by atoms with E-state index < -0.39 is 0 Å². The van der Waals surface area contributed by atoms with Crippen LogP contribution in [0.1, 0.15) is 29.0 Å². The molecule has 0 spiro atoms. The first-order valence-electron chi connectivity index (χ1n) is 10.6. The molecule has 0 aromatic heterocycles. The van der Waals surface area contributed by atoms with Crippen LogP contribution in [-0.2, 0) is 4.79 Å². The summed E-state index contributed by atoms with van der Waals surface area (Å²) in [5, 5.41) is 4.21. The number of benzene rings is 2. The molecule has 1 N–H and O–H groups in total. The number of anilines is 1. The fourth-order valence-corrected chi connectivity index (χ4v) is 4.98. The number of carbonyl (C=O) groups is 1. The van der Waals surface area contributed by atoms with E-state index in [-0.39, 0.29) is 18.3 Å². The van der Waals surface area contributed by atoms with Crippen LogP contribution in [0.3, 0.4) is 0 Å². The van der Waals surface area contributed by atoms with Gasteiger partial charge in [-0.25, -0.2) is 0 Å². The van der Waals surface area contributed by atoms with Gasteiger partial charge in [0.25, 0.3) is 0 Å². The highest BCUT2D eigenvalue weighted by Crippen LogP contribution is 2.34. The molecule has 30 heavy (non-hydrogen) atoms. The summed E-state index contributed by atoms with van der Waals surface area (Å²) in [7, 11) is 0. The SMILES string of the molecule is Cc1ccccc1[C@H]1CCNC[C@H]1C(=O)N1CCN(c2cc(Cl)ccc2C)CC1.Cl. The lowest BCUT2D eigenvalue weighted by molar-refractivity contribution is -0.137. The molecule has 162 valence electrons. The van der Waals surface area contributed by atoms with Gasteiger partial charge in [0.05, 0.1) is 5.92 Å². The number of carbonyl (C=O) groups excluding carboxylic acids is 1. The highest BCUT2D eigenvalue weighted by molar-refractivity contribution is 6.30. The number of piperazine rings is 1. The quantitative estimate of drug-likeness (QED) is 0.755. The zero-order valence-electron chi connectivity index (χ0n) is 17.7. The molecule has 2 fully saturated rings. The zero-order valence-corrected chi connectivity index (χ0v) is 19.3. The van der Waals surface area contributed by atoms with E-state index in [2.05, 4.69) is 59.3 Å². The monoisotopic (exact) mass is 447 g/mol. The van der Waals surface area contributed by atoms with Crippen molar-refractivity contribution in [3.05, 3.63) is 64.2 Å². The smallest absolute Gasteiger partial charge is 0.227 e. The first kappa shape index (κ1) is 22.9. The molecule has 0 saturated carbocycles. The molecule has 0 radical (unpaired) electrons. The van der Waals surface area contributed by atoms with Crippen molar-refractivity contribution in [1.29, 1.82) is 0 Å². The van der Waals surface area contributed by atoms with Crippen molar-refractivity contribution in [2.75, 3.05) is 44.2 Å². The number of hydrogen-bond donors (Lipinski definition) is 1. The Kier molecular flexibility index (Phi) is 7.67. The molecular formula is C24H31Cl2N3O. The fourth-order valence-electron chi connectivity index (χ4n) is 4.82. The lowest BCUT2D eigenvalue weighted by Crippen LogP contribution is -2.53. The Morgan fingerprint density at radius 2 is 1.77 bits per heavy atom. The molecule has 1 amide bonds. The van der Waals surface area contributed by atoms with Crippen molar-refractivity contribution < 1.29 is 4.79 Å². The lowest BCUT2D eigenvalue weighted by Gasteiger charge is -2.41. The van der Waals surface area contributed by atoms with Gasteiger partial charge >= 0.3 is 0 Å². The molecule has 2 aromatic rings. The van der Waals surface area contributed by atoms with E-state index in [1.165, 1.54) is 22.4 Å². The predicted molar refractivity (Wildman–Crippen MR) is 127 cm³/mol. The number of hydrogen-bond acceptors (Lipinski definition) is 3. The summed E-state index contributed by atoms with van der Waals surface area (Å²) in [6, 6.07) is 14.6. The van der Waals surface area contributed by atoms with E-state index in [9.17, 15) is 4.79 Å². The number of amides is 1. The number of nitrogens with zero attached hydrogens (tertiary/aromatic N) is 2. The minimum absolute atomic E-state index is 0. The Bertz CT molecular complexity index is 881. The third-order valence-corrected chi connectivity index (χ3v) is 6.73. The van der Waals surface area contributed by atoms with Crippen molar-refractivity contribution in [2.24, 2.45) is 5.92 Å². The molecule has 2 atom stereocenters. The summed E-state index contributed by atoms with van der Waals surface area (Å²) in [4.78, 5) is 17.9. The van der Waals surface area contributed by atoms with Gasteiger partial charge in [-0.1, -0.05) is 41.9 Å². The van der Waals surface area contributed by atoms with Crippen LogP contribution in [0.5, 0.6) is 0 Å². The maximum Gasteiger partial charge on any atom is 0.227 e.